The summed E-state index contributed by atoms with van der Waals surface area (Å²) in [6.45, 7) is 2.25. The normalized spacial score (nSPS) is 10.4. The number of aryl methyl sites for hydroxylation is 1. The van der Waals surface area contributed by atoms with Crippen LogP contribution in [-0.4, -0.2) is 4.98 Å². The Hall–Kier alpha value is -1.13. The highest BCUT2D eigenvalue weighted by atomic mass is 79.9. The predicted molar refractivity (Wildman–Crippen MR) is 75.4 cm³/mol. The van der Waals surface area contributed by atoms with Crippen LogP contribution in [0.15, 0.2) is 34.8 Å². The van der Waals surface area contributed by atoms with Gasteiger partial charge in [0.15, 0.2) is 0 Å². The van der Waals surface area contributed by atoms with Crippen molar-refractivity contribution in [1.29, 1.82) is 0 Å². The number of benzene rings is 1. The van der Waals surface area contributed by atoms with Gasteiger partial charge < -0.3 is 5.32 Å². The maximum Gasteiger partial charge on any atom is 0.128 e. The number of nitrogens with one attached hydrogen (secondary N) is 1. The van der Waals surface area contributed by atoms with E-state index in [0.717, 1.165) is 10.2 Å². The molecular formula is C13H11BrClFN2. The van der Waals surface area contributed by atoms with Crippen LogP contribution in [0.5, 0.6) is 0 Å². The fraction of sp³-hybridized carbons (Fsp3) is 0.154. The van der Waals surface area contributed by atoms with Gasteiger partial charge in [-0.05, 0) is 53.2 Å². The van der Waals surface area contributed by atoms with Crippen LogP contribution < -0.4 is 5.32 Å². The first-order valence-corrected chi connectivity index (χ1v) is 6.54. The molecule has 0 aliphatic heterocycles. The molecular weight excluding hydrogens is 319 g/mol. The Morgan fingerprint density at radius 3 is 2.83 bits per heavy atom. The lowest BCUT2D eigenvalue weighted by atomic mass is 10.2. The van der Waals surface area contributed by atoms with Gasteiger partial charge >= 0.3 is 0 Å². The second-order valence-corrected chi connectivity index (χ2v) is 5.14. The van der Waals surface area contributed by atoms with Crippen molar-refractivity contribution in [2.75, 3.05) is 5.32 Å². The minimum atomic E-state index is -0.277. The molecule has 18 heavy (non-hydrogen) atoms. The zero-order chi connectivity index (χ0) is 13.1. The van der Waals surface area contributed by atoms with E-state index in [2.05, 4.69) is 26.2 Å². The summed E-state index contributed by atoms with van der Waals surface area (Å²) < 4.78 is 14.4. The standard InChI is InChI=1S/C13H11BrClFN2/c1-8-11(14)3-5-13(18-8)17-7-9-6-10(15)2-4-12(9)16/h2-6H,7H2,1H3,(H,17,18). The van der Waals surface area contributed by atoms with Crippen molar-refractivity contribution >= 4 is 33.3 Å². The van der Waals surface area contributed by atoms with Crippen LogP contribution in [0, 0.1) is 12.7 Å². The molecule has 0 atom stereocenters. The highest BCUT2D eigenvalue weighted by Gasteiger charge is 2.04. The molecule has 0 aliphatic rings. The molecule has 0 aliphatic carbocycles. The van der Waals surface area contributed by atoms with E-state index in [1.807, 2.05) is 19.1 Å². The molecule has 1 aromatic carbocycles. The lowest BCUT2D eigenvalue weighted by molar-refractivity contribution is 0.613. The first-order chi connectivity index (χ1) is 8.56. The van der Waals surface area contributed by atoms with Crippen LogP contribution in [0.3, 0.4) is 0 Å². The molecule has 0 fully saturated rings. The molecule has 94 valence electrons. The largest absolute Gasteiger partial charge is 0.366 e. The topological polar surface area (TPSA) is 24.9 Å². The number of hydrogen-bond donors (Lipinski definition) is 1. The molecule has 0 spiro atoms. The molecule has 0 radical (unpaired) electrons. The highest BCUT2D eigenvalue weighted by Crippen LogP contribution is 2.18. The smallest absolute Gasteiger partial charge is 0.128 e. The fourth-order valence-corrected chi connectivity index (χ4v) is 1.92. The van der Waals surface area contributed by atoms with Crippen LogP contribution in [0.2, 0.25) is 5.02 Å². The average Bonchev–Trinajstić information content (AvgIpc) is 2.34. The molecule has 1 aromatic heterocycles. The molecule has 0 saturated carbocycles. The summed E-state index contributed by atoms with van der Waals surface area (Å²) in [7, 11) is 0. The van der Waals surface area contributed by atoms with E-state index in [-0.39, 0.29) is 5.82 Å². The molecule has 0 saturated heterocycles. The Kier molecular flexibility index (Phi) is 4.19. The van der Waals surface area contributed by atoms with Gasteiger partial charge in [0.1, 0.15) is 11.6 Å². The first kappa shape index (κ1) is 13.3. The van der Waals surface area contributed by atoms with Crippen molar-refractivity contribution in [3.63, 3.8) is 0 Å². The van der Waals surface area contributed by atoms with E-state index in [1.54, 1.807) is 6.07 Å². The molecule has 1 N–H and O–H groups in total. The number of halogens is 3. The third-order valence-corrected chi connectivity index (χ3v) is 3.56. The minimum absolute atomic E-state index is 0.277. The molecule has 2 rings (SSSR count). The van der Waals surface area contributed by atoms with Gasteiger partial charge in [-0.1, -0.05) is 11.6 Å². The summed E-state index contributed by atoms with van der Waals surface area (Å²) in [6.07, 6.45) is 0. The number of rotatable bonds is 3. The molecule has 2 nitrogen and oxygen atoms in total. The van der Waals surface area contributed by atoms with E-state index in [4.69, 9.17) is 11.6 Å². The van der Waals surface area contributed by atoms with Gasteiger partial charge in [0.2, 0.25) is 0 Å². The van der Waals surface area contributed by atoms with Gasteiger partial charge in [-0.2, -0.15) is 0 Å². The van der Waals surface area contributed by atoms with Crippen LogP contribution in [0.4, 0.5) is 10.2 Å². The summed E-state index contributed by atoms with van der Waals surface area (Å²) >= 11 is 9.21. The maximum atomic E-state index is 13.5. The van der Waals surface area contributed by atoms with Gasteiger partial charge in [-0.15, -0.1) is 0 Å². The summed E-state index contributed by atoms with van der Waals surface area (Å²) in [6, 6.07) is 8.23. The van der Waals surface area contributed by atoms with Crippen molar-refractivity contribution in [3.05, 3.63) is 56.9 Å². The van der Waals surface area contributed by atoms with Gasteiger partial charge in [0, 0.05) is 21.6 Å². The third-order valence-electron chi connectivity index (χ3n) is 2.49. The number of hydrogen-bond acceptors (Lipinski definition) is 2. The molecule has 1 heterocycles. The van der Waals surface area contributed by atoms with Gasteiger partial charge in [0.25, 0.3) is 0 Å². The van der Waals surface area contributed by atoms with E-state index >= 15 is 0 Å². The molecule has 0 amide bonds. The Balaban J connectivity index is 2.11. The van der Waals surface area contributed by atoms with Gasteiger partial charge in [0.05, 0.1) is 5.69 Å². The van der Waals surface area contributed by atoms with Gasteiger partial charge in [-0.25, -0.2) is 9.37 Å². The lowest BCUT2D eigenvalue weighted by Crippen LogP contribution is -2.04. The third kappa shape index (κ3) is 3.21. The monoisotopic (exact) mass is 328 g/mol. The molecule has 0 bridgehead atoms. The first-order valence-electron chi connectivity index (χ1n) is 5.37. The van der Waals surface area contributed by atoms with Gasteiger partial charge in [-0.3, -0.25) is 0 Å². The van der Waals surface area contributed by atoms with Crippen LogP contribution in [0.1, 0.15) is 11.3 Å². The second kappa shape index (κ2) is 5.67. The molecule has 5 heteroatoms. The number of anilines is 1. The zero-order valence-corrected chi connectivity index (χ0v) is 12.0. The summed E-state index contributed by atoms with van der Waals surface area (Å²) in [5, 5.41) is 3.59. The molecule has 0 unspecified atom stereocenters. The van der Waals surface area contributed by atoms with Crippen molar-refractivity contribution in [2.45, 2.75) is 13.5 Å². The summed E-state index contributed by atoms with van der Waals surface area (Å²) in [5.41, 5.74) is 1.40. The Morgan fingerprint density at radius 1 is 1.33 bits per heavy atom. The number of aromatic nitrogens is 1. The number of nitrogens with zero attached hydrogens (tertiary/aromatic N) is 1. The van der Waals surface area contributed by atoms with Crippen molar-refractivity contribution in [1.82, 2.24) is 4.98 Å². The van der Waals surface area contributed by atoms with Crippen LogP contribution in [0.25, 0.3) is 0 Å². The van der Waals surface area contributed by atoms with E-state index in [9.17, 15) is 4.39 Å². The zero-order valence-electron chi connectivity index (χ0n) is 9.67. The Bertz CT molecular complexity index is 575. The fourth-order valence-electron chi connectivity index (χ4n) is 1.51. The second-order valence-electron chi connectivity index (χ2n) is 3.85. The molecule has 2 aromatic rings. The van der Waals surface area contributed by atoms with Crippen LogP contribution in [-0.2, 0) is 6.54 Å². The van der Waals surface area contributed by atoms with Crippen molar-refractivity contribution < 1.29 is 4.39 Å². The minimum Gasteiger partial charge on any atom is -0.366 e. The highest BCUT2D eigenvalue weighted by molar-refractivity contribution is 9.10. The Labute approximate surface area is 118 Å². The summed E-state index contributed by atoms with van der Waals surface area (Å²) in [4.78, 5) is 4.33. The van der Waals surface area contributed by atoms with Crippen molar-refractivity contribution in [3.8, 4) is 0 Å². The number of pyridine rings is 1. The Morgan fingerprint density at radius 2 is 2.11 bits per heavy atom. The average molecular weight is 330 g/mol. The van der Waals surface area contributed by atoms with Crippen LogP contribution >= 0.6 is 27.5 Å². The maximum absolute atomic E-state index is 13.5. The van der Waals surface area contributed by atoms with E-state index in [1.165, 1.54) is 12.1 Å². The SMILES string of the molecule is Cc1nc(NCc2cc(Cl)ccc2F)ccc1Br. The quantitative estimate of drug-likeness (QED) is 0.893. The van der Waals surface area contributed by atoms with Crippen molar-refractivity contribution in [2.24, 2.45) is 0 Å². The van der Waals surface area contributed by atoms with E-state index < -0.39 is 0 Å². The predicted octanol–water partition coefficient (Wildman–Crippen LogP) is 4.56. The van der Waals surface area contributed by atoms with E-state index in [0.29, 0.717) is 22.9 Å². The lowest BCUT2D eigenvalue weighted by Gasteiger charge is -2.08. The summed E-state index contributed by atoms with van der Waals surface area (Å²) in [5.74, 6) is 0.427.